The molecule has 1 fully saturated rings. The Morgan fingerprint density at radius 3 is 2.54 bits per heavy atom. The van der Waals surface area contributed by atoms with Gasteiger partial charge in [-0.3, -0.25) is 4.79 Å². The molecule has 0 aromatic carbocycles. The van der Waals surface area contributed by atoms with Crippen LogP contribution in [0, 0.1) is 11.8 Å². The van der Waals surface area contributed by atoms with Gasteiger partial charge in [0.2, 0.25) is 5.91 Å². The molecule has 74 valence electrons. The van der Waals surface area contributed by atoms with Crippen LogP contribution < -0.4 is 5.32 Å². The molecule has 1 aliphatic rings. The highest BCUT2D eigenvalue weighted by Gasteiger charge is 2.45. The van der Waals surface area contributed by atoms with Crippen molar-refractivity contribution in [1.29, 1.82) is 0 Å². The van der Waals surface area contributed by atoms with Crippen molar-refractivity contribution in [2.75, 3.05) is 7.11 Å². The van der Waals surface area contributed by atoms with Crippen molar-refractivity contribution in [3.05, 3.63) is 0 Å². The quantitative estimate of drug-likeness (QED) is 0.494. The van der Waals surface area contributed by atoms with Crippen molar-refractivity contribution in [1.82, 2.24) is 5.32 Å². The first kappa shape index (κ1) is 10.2. The Hall–Kier alpha value is -0.900. The number of hydrogen-bond acceptors (Lipinski definition) is 3. The molecule has 4 nitrogen and oxygen atoms in total. The first-order valence-electron chi connectivity index (χ1n) is 4.40. The Morgan fingerprint density at radius 1 is 1.54 bits per heavy atom. The lowest BCUT2D eigenvalue weighted by Crippen LogP contribution is -2.64. The molecule has 4 atom stereocenters. The lowest BCUT2D eigenvalue weighted by molar-refractivity contribution is -0.144. The van der Waals surface area contributed by atoms with Crippen molar-refractivity contribution >= 4 is 12.2 Å². The lowest BCUT2D eigenvalue weighted by atomic mass is 9.79. The van der Waals surface area contributed by atoms with E-state index in [9.17, 15) is 9.59 Å². The Morgan fingerprint density at radius 2 is 2.15 bits per heavy atom. The predicted molar refractivity (Wildman–Crippen MR) is 47.1 cm³/mol. The fourth-order valence-electron chi connectivity index (χ4n) is 1.61. The van der Waals surface area contributed by atoms with Gasteiger partial charge in [0.05, 0.1) is 18.1 Å². The van der Waals surface area contributed by atoms with Gasteiger partial charge in [0, 0.05) is 13.0 Å². The summed E-state index contributed by atoms with van der Waals surface area (Å²) < 4.78 is 5.07. The number of methoxy groups -OCH3 is 1. The zero-order chi connectivity index (χ0) is 10.0. The molecule has 0 aliphatic carbocycles. The maximum absolute atomic E-state index is 11.2. The molecule has 0 saturated carbocycles. The van der Waals surface area contributed by atoms with Crippen LogP contribution in [0.5, 0.6) is 0 Å². The van der Waals surface area contributed by atoms with Crippen molar-refractivity contribution in [2.45, 2.75) is 26.0 Å². The SMILES string of the molecule is COC(C)[C@H]1C(=O)NC1[C@@H](C)C=O. The number of carbonyl (C=O) groups excluding carboxylic acids is 2. The number of hydrogen-bond donors (Lipinski definition) is 1. The molecular weight excluding hydrogens is 170 g/mol. The number of nitrogens with one attached hydrogen (secondary N) is 1. The molecule has 13 heavy (non-hydrogen) atoms. The van der Waals surface area contributed by atoms with Crippen LogP contribution in [-0.2, 0) is 14.3 Å². The maximum Gasteiger partial charge on any atom is 0.228 e. The maximum atomic E-state index is 11.2. The number of carbonyl (C=O) groups is 2. The predicted octanol–water partition coefficient (Wildman–Crippen LogP) is -0.0291. The molecule has 0 bridgehead atoms. The molecule has 0 aromatic heterocycles. The summed E-state index contributed by atoms with van der Waals surface area (Å²) in [5, 5.41) is 2.71. The van der Waals surface area contributed by atoms with Crippen molar-refractivity contribution < 1.29 is 14.3 Å². The van der Waals surface area contributed by atoms with Crippen molar-refractivity contribution in [2.24, 2.45) is 11.8 Å². The van der Waals surface area contributed by atoms with Crippen LogP contribution in [0.15, 0.2) is 0 Å². The van der Waals surface area contributed by atoms with Gasteiger partial charge < -0.3 is 14.8 Å². The van der Waals surface area contributed by atoms with Crippen molar-refractivity contribution in [3.63, 3.8) is 0 Å². The van der Waals surface area contributed by atoms with Gasteiger partial charge in [-0.25, -0.2) is 0 Å². The van der Waals surface area contributed by atoms with E-state index in [2.05, 4.69) is 5.32 Å². The summed E-state index contributed by atoms with van der Waals surface area (Å²) in [6, 6.07) is -0.0556. The number of ether oxygens (including phenoxy) is 1. The molecule has 0 spiro atoms. The third kappa shape index (κ3) is 1.72. The largest absolute Gasteiger partial charge is 0.381 e. The fraction of sp³-hybridized carbons (Fsp3) is 0.778. The van der Waals surface area contributed by atoms with E-state index in [0.29, 0.717) is 0 Å². The Balaban J connectivity index is 2.60. The second-order valence-electron chi connectivity index (χ2n) is 3.50. The number of rotatable bonds is 4. The van der Waals surface area contributed by atoms with Crippen LogP contribution in [0.1, 0.15) is 13.8 Å². The van der Waals surface area contributed by atoms with Gasteiger partial charge in [0.15, 0.2) is 0 Å². The van der Waals surface area contributed by atoms with Crippen LogP contribution in [0.4, 0.5) is 0 Å². The molecule has 0 radical (unpaired) electrons. The van der Waals surface area contributed by atoms with Crippen LogP contribution in [-0.4, -0.2) is 31.4 Å². The van der Waals surface area contributed by atoms with Gasteiger partial charge in [0.1, 0.15) is 6.29 Å². The molecule has 1 saturated heterocycles. The Labute approximate surface area is 77.6 Å². The fourth-order valence-corrected chi connectivity index (χ4v) is 1.61. The summed E-state index contributed by atoms with van der Waals surface area (Å²) in [6.07, 6.45) is 0.737. The van der Waals surface area contributed by atoms with Gasteiger partial charge in [-0.05, 0) is 6.92 Å². The molecule has 2 unspecified atom stereocenters. The molecule has 1 amide bonds. The van der Waals surface area contributed by atoms with Gasteiger partial charge in [-0.2, -0.15) is 0 Å². The minimum atomic E-state index is -0.176. The summed E-state index contributed by atoms with van der Waals surface area (Å²) >= 11 is 0. The van der Waals surface area contributed by atoms with Gasteiger partial charge in [-0.15, -0.1) is 0 Å². The normalized spacial score (nSPS) is 31.5. The first-order valence-corrected chi connectivity index (χ1v) is 4.40. The third-order valence-corrected chi connectivity index (χ3v) is 2.66. The minimum Gasteiger partial charge on any atom is -0.381 e. The molecule has 4 heteroatoms. The summed E-state index contributed by atoms with van der Waals surface area (Å²) in [5.41, 5.74) is 0. The van der Waals surface area contributed by atoms with Crippen LogP contribution in [0.25, 0.3) is 0 Å². The van der Waals surface area contributed by atoms with Gasteiger partial charge >= 0.3 is 0 Å². The molecular formula is C9H15NO3. The van der Waals surface area contributed by atoms with E-state index >= 15 is 0 Å². The van der Waals surface area contributed by atoms with Crippen LogP contribution in [0.3, 0.4) is 0 Å². The summed E-state index contributed by atoms with van der Waals surface area (Å²) in [5.74, 6) is -0.335. The number of aldehydes is 1. The van der Waals surface area contributed by atoms with Crippen LogP contribution in [0.2, 0.25) is 0 Å². The first-order chi connectivity index (χ1) is 6.11. The summed E-state index contributed by atoms with van der Waals surface area (Å²) in [6.45, 7) is 3.64. The van der Waals surface area contributed by atoms with Gasteiger partial charge in [0.25, 0.3) is 0 Å². The van der Waals surface area contributed by atoms with E-state index in [-0.39, 0.29) is 29.9 Å². The monoisotopic (exact) mass is 185 g/mol. The third-order valence-electron chi connectivity index (χ3n) is 2.66. The number of β-lactam (4-membered cyclic amide) rings is 1. The summed E-state index contributed by atoms with van der Waals surface area (Å²) in [7, 11) is 1.57. The highest BCUT2D eigenvalue weighted by atomic mass is 16.5. The van der Waals surface area contributed by atoms with E-state index in [1.54, 1.807) is 14.0 Å². The van der Waals surface area contributed by atoms with E-state index in [0.717, 1.165) is 6.29 Å². The number of amides is 1. The average Bonchev–Trinajstić information content (AvgIpc) is 2.12. The van der Waals surface area contributed by atoms with Crippen molar-refractivity contribution in [3.8, 4) is 0 Å². The Kier molecular flexibility index (Phi) is 3.03. The standard InChI is InChI=1S/C9H15NO3/c1-5(4-11)8-7(6(2)13-3)9(12)10-8/h4-8H,1-3H3,(H,10,12)/t5-,6?,7+,8?/m0/s1. The second kappa shape index (κ2) is 3.87. The van der Waals surface area contributed by atoms with E-state index in [1.807, 2.05) is 6.92 Å². The Bertz CT molecular complexity index is 217. The smallest absolute Gasteiger partial charge is 0.228 e. The van der Waals surface area contributed by atoms with E-state index in [4.69, 9.17) is 4.74 Å². The second-order valence-corrected chi connectivity index (χ2v) is 3.50. The molecule has 1 rings (SSSR count). The molecule has 1 N–H and O–H groups in total. The topological polar surface area (TPSA) is 55.4 Å². The average molecular weight is 185 g/mol. The molecule has 1 aliphatic heterocycles. The lowest BCUT2D eigenvalue weighted by Gasteiger charge is -2.41. The highest BCUT2D eigenvalue weighted by Crippen LogP contribution is 2.25. The molecule has 0 aromatic rings. The minimum absolute atomic E-state index is 0.0203. The zero-order valence-electron chi connectivity index (χ0n) is 8.11. The highest BCUT2D eigenvalue weighted by molar-refractivity contribution is 5.87. The van der Waals surface area contributed by atoms with E-state index in [1.165, 1.54) is 0 Å². The van der Waals surface area contributed by atoms with Gasteiger partial charge in [-0.1, -0.05) is 6.92 Å². The van der Waals surface area contributed by atoms with E-state index < -0.39 is 0 Å². The summed E-state index contributed by atoms with van der Waals surface area (Å²) in [4.78, 5) is 21.7. The zero-order valence-corrected chi connectivity index (χ0v) is 8.11. The molecule has 1 heterocycles. The van der Waals surface area contributed by atoms with Crippen LogP contribution >= 0.6 is 0 Å².